The normalized spacial score (nSPS) is 16.2. The number of rotatable bonds is 8. The molecule has 4 aromatic rings. The van der Waals surface area contributed by atoms with E-state index in [2.05, 4.69) is 44.9 Å². The van der Waals surface area contributed by atoms with Gasteiger partial charge in [-0.05, 0) is 6.92 Å². The monoisotopic (exact) mass is 539 g/mol. The van der Waals surface area contributed by atoms with E-state index in [1.165, 1.54) is 16.1 Å². The molecule has 11 heteroatoms. The first kappa shape index (κ1) is 23.0. The fourth-order valence-electron chi connectivity index (χ4n) is 4.03. The van der Waals surface area contributed by atoms with Crippen molar-refractivity contribution in [2.24, 2.45) is 0 Å². The molecule has 0 bridgehead atoms. The number of benzene rings is 1. The van der Waals surface area contributed by atoms with E-state index in [4.69, 9.17) is 4.98 Å². The number of fused-ring (bicyclic) bond motifs is 1. The summed E-state index contributed by atoms with van der Waals surface area (Å²) in [5.74, 6) is 1.58. The summed E-state index contributed by atoms with van der Waals surface area (Å²) in [6.07, 6.45) is 3.79. The molecule has 2 unspecified atom stereocenters. The van der Waals surface area contributed by atoms with E-state index in [0.29, 0.717) is 22.0 Å². The number of aromatic amines is 1. The number of nitrogens with zero attached hydrogens (tertiary/aromatic N) is 5. The van der Waals surface area contributed by atoms with Crippen LogP contribution in [0.5, 0.6) is 0 Å². The number of nitrogens with one attached hydrogen (secondary N) is 2. The van der Waals surface area contributed by atoms with E-state index in [-0.39, 0.29) is 18.6 Å². The summed E-state index contributed by atoms with van der Waals surface area (Å²) in [4.78, 5) is 20.2. The van der Waals surface area contributed by atoms with Gasteiger partial charge in [-0.25, -0.2) is 0 Å². The summed E-state index contributed by atoms with van der Waals surface area (Å²) in [6.45, 7) is 2.79. The fourth-order valence-corrected chi connectivity index (χ4v) is 6.80. The van der Waals surface area contributed by atoms with Crippen molar-refractivity contribution in [1.29, 1.82) is 0 Å². The Balaban J connectivity index is 1.25. The van der Waals surface area contributed by atoms with Crippen LogP contribution in [0, 0.1) is 6.92 Å². The van der Waals surface area contributed by atoms with Crippen LogP contribution < -0.4 is 9.67 Å². The zero-order chi connectivity index (χ0) is 23.5. The number of carbonyl (C=O) groups excluding carboxylic acids is 1. The van der Waals surface area contributed by atoms with Gasteiger partial charge in [0, 0.05) is 0 Å². The molecule has 3 N–H and O–H groups in total. The van der Waals surface area contributed by atoms with Crippen LogP contribution in [0.4, 0.5) is 11.6 Å². The van der Waals surface area contributed by atoms with Crippen molar-refractivity contribution in [3.8, 4) is 0 Å². The molecule has 4 heterocycles. The molecule has 5 rings (SSSR count). The first-order chi connectivity index (χ1) is 16.6. The quantitative estimate of drug-likeness (QED) is 0.294. The number of hydrogen-bond acceptors (Lipinski definition) is 7. The van der Waals surface area contributed by atoms with E-state index >= 15 is 0 Å². The Kier molecular flexibility index (Phi) is 6.89. The third kappa shape index (κ3) is 5.14. The van der Waals surface area contributed by atoms with Crippen molar-refractivity contribution in [1.82, 2.24) is 29.7 Å². The number of aromatic nitrogens is 5. The molecule has 1 aliphatic heterocycles. The number of carbonyl (C=O) groups is 1. The predicted octanol–water partition coefficient (Wildman–Crippen LogP) is 2.12. The predicted molar refractivity (Wildman–Crippen MR) is 134 cm³/mol. The van der Waals surface area contributed by atoms with Crippen LogP contribution in [-0.4, -0.2) is 75.7 Å². The van der Waals surface area contributed by atoms with Gasteiger partial charge in [0.05, 0.1) is 0 Å². The van der Waals surface area contributed by atoms with E-state index in [0.717, 1.165) is 35.5 Å². The standard InChI is InChI=1S/C23H26AsN7O2S/c1-15-12-20(28-27-15)25-22-19-5-3-11-31(19)29-23(26-22)34-18-8-6-16(7-9-18)24-13-21(33)30-10-2-4-17(30)14-32/h3,5-9,11-12,17,24,32H,2,4,10,13-14H2,1H3,(H2,25,26,27,28,29). The minimum atomic E-state index is -0.566. The Morgan fingerprint density at radius 1 is 1.32 bits per heavy atom. The van der Waals surface area contributed by atoms with E-state index in [9.17, 15) is 9.90 Å². The van der Waals surface area contributed by atoms with Crippen molar-refractivity contribution in [3.63, 3.8) is 0 Å². The Hall–Kier alpha value is -2.81. The van der Waals surface area contributed by atoms with Crippen LogP contribution in [-0.2, 0) is 4.79 Å². The third-order valence-corrected chi connectivity index (χ3v) is 9.16. The molecule has 1 aromatic carbocycles. The molecular formula is C23H26AsN7O2S. The summed E-state index contributed by atoms with van der Waals surface area (Å²) in [5.41, 5.74) is 1.84. The Morgan fingerprint density at radius 3 is 2.94 bits per heavy atom. The van der Waals surface area contributed by atoms with Gasteiger partial charge in [0.15, 0.2) is 0 Å². The molecule has 176 valence electrons. The first-order valence-electron chi connectivity index (χ1n) is 11.2. The van der Waals surface area contributed by atoms with Gasteiger partial charge in [-0.1, -0.05) is 0 Å². The fraction of sp³-hybridized carbons (Fsp3) is 0.304. The van der Waals surface area contributed by atoms with Crippen LogP contribution in [0.3, 0.4) is 0 Å². The van der Waals surface area contributed by atoms with Crippen molar-refractivity contribution >= 4 is 54.9 Å². The van der Waals surface area contributed by atoms with Gasteiger partial charge in [0.1, 0.15) is 0 Å². The molecule has 2 atom stereocenters. The van der Waals surface area contributed by atoms with Gasteiger partial charge >= 0.3 is 201 Å². The topological polar surface area (TPSA) is 111 Å². The number of aliphatic hydroxyl groups excluding tert-OH is 1. The van der Waals surface area contributed by atoms with Crippen molar-refractivity contribution in [3.05, 3.63) is 54.4 Å². The second-order valence-corrected chi connectivity index (χ2v) is 11.9. The second kappa shape index (κ2) is 10.2. The molecule has 9 nitrogen and oxygen atoms in total. The molecule has 0 aliphatic carbocycles. The number of aryl methyl sites for hydroxylation is 1. The molecule has 34 heavy (non-hydrogen) atoms. The Morgan fingerprint density at radius 2 is 2.18 bits per heavy atom. The summed E-state index contributed by atoms with van der Waals surface area (Å²) >= 11 is 0.926. The van der Waals surface area contributed by atoms with Gasteiger partial charge in [0.2, 0.25) is 0 Å². The molecule has 1 aliphatic rings. The van der Waals surface area contributed by atoms with Crippen molar-refractivity contribution in [2.75, 3.05) is 18.5 Å². The summed E-state index contributed by atoms with van der Waals surface area (Å²) in [5, 5.41) is 25.7. The van der Waals surface area contributed by atoms with Gasteiger partial charge in [-0.3, -0.25) is 0 Å². The van der Waals surface area contributed by atoms with Gasteiger partial charge in [0.25, 0.3) is 0 Å². The van der Waals surface area contributed by atoms with E-state index in [1.807, 2.05) is 36.2 Å². The van der Waals surface area contributed by atoms with Crippen LogP contribution in [0.15, 0.2) is 58.7 Å². The van der Waals surface area contributed by atoms with Gasteiger partial charge in [-0.2, -0.15) is 0 Å². The van der Waals surface area contributed by atoms with Gasteiger partial charge in [-0.15, -0.1) is 0 Å². The average Bonchev–Trinajstić information content (AvgIpc) is 3.59. The van der Waals surface area contributed by atoms with Crippen LogP contribution >= 0.6 is 11.8 Å². The molecule has 0 spiro atoms. The van der Waals surface area contributed by atoms with Crippen LogP contribution in [0.1, 0.15) is 18.5 Å². The molecule has 1 amide bonds. The maximum atomic E-state index is 12.6. The molecule has 1 saturated heterocycles. The number of hydrogen-bond donors (Lipinski definition) is 3. The molecule has 3 aromatic heterocycles. The number of H-pyrrole nitrogens is 1. The summed E-state index contributed by atoms with van der Waals surface area (Å²) in [6, 6.07) is 14.2. The third-order valence-electron chi connectivity index (χ3n) is 5.74. The summed E-state index contributed by atoms with van der Waals surface area (Å²) in [7, 11) is 0. The molecular weight excluding hydrogens is 513 g/mol. The number of amides is 1. The number of anilines is 2. The maximum absolute atomic E-state index is 12.6. The average molecular weight is 539 g/mol. The SMILES string of the molecule is Cc1cc(Nc2nc(Sc3ccc([AsH]CC(=O)N4CCCC4CO)cc3)nn3cccc23)n[nH]1. The minimum absolute atomic E-state index is 0.00643. The summed E-state index contributed by atoms with van der Waals surface area (Å²) < 4.78 is 3.04. The van der Waals surface area contributed by atoms with Crippen molar-refractivity contribution < 1.29 is 9.90 Å². The number of likely N-dealkylation sites (tertiary alicyclic amines) is 1. The molecule has 0 radical (unpaired) electrons. The zero-order valence-electron chi connectivity index (χ0n) is 18.7. The first-order valence-corrected chi connectivity index (χ1v) is 14.5. The molecule has 0 saturated carbocycles. The Labute approximate surface area is 208 Å². The van der Waals surface area contributed by atoms with Crippen LogP contribution in [0.25, 0.3) is 5.52 Å². The Bertz CT molecular complexity index is 1290. The van der Waals surface area contributed by atoms with E-state index in [1.54, 1.807) is 4.52 Å². The molecule has 1 fully saturated rings. The second-order valence-electron chi connectivity index (χ2n) is 8.19. The van der Waals surface area contributed by atoms with Crippen LogP contribution in [0.2, 0.25) is 5.21 Å². The van der Waals surface area contributed by atoms with Crippen molar-refractivity contribution in [2.45, 2.75) is 41.1 Å². The zero-order valence-corrected chi connectivity index (χ0v) is 21.6. The number of aliphatic hydroxyl groups is 1. The van der Waals surface area contributed by atoms with E-state index < -0.39 is 15.8 Å². The van der Waals surface area contributed by atoms with Gasteiger partial charge < -0.3 is 0 Å².